The van der Waals surface area contributed by atoms with Gasteiger partial charge in [0.05, 0.1) is 23.2 Å². The topological polar surface area (TPSA) is 88.2 Å². The summed E-state index contributed by atoms with van der Waals surface area (Å²) < 4.78 is 0. The van der Waals surface area contributed by atoms with Crippen molar-refractivity contribution < 1.29 is 0 Å². The summed E-state index contributed by atoms with van der Waals surface area (Å²) in [5.74, 6) is 1.46. The van der Waals surface area contributed by atoms with E-state index in [1.807, 2.05) is 42.5 Å². The van der Waals surface area contributed by atoms with E-state index in [9.17, 15) is 5.26 Å². The Bertz CT molecular complexity index is 933. The van der Waals surface area contributed by atoms with Gasteiger partial charge in [-0.25, -0.2) is 4.99 Å². The molecular formula is C23H26N4. The average molecular weight is 358 g/mol. The molecule has 3 unspecified atom stereocenters. The summed E-state index contributed by atoms with van der Waals surface area (Å²) in [6, 6.07) is 13.8. The lowest BCUT2D eigenvalue weighted by atomic mass is 9.88. The Morgan fingerprint density at radius 2 is 1.89 bits per heavy atom. The molecule has 1 aliphatic carbocycles. The zero-order valence-electron chi connectivity index (χ0n) is 15.7. The lowest BCUT2D eigenvalue weighted by molar-refractivity contribution is 0.439. The van der Waals surface area contributed by atoms with Gasteiger partial charge in [0.2, 0.25) is 0 Å². The number of rotatable bonds is 6. The van der Waals surface area contributed by atoms with E-state index in [-0.39, 0.29) is 6.04 Å². The molecule has 2 aromatic carbocycles. The van der Waals surface area contributed by atoms with E-state index < -0.39 is 0 Å². The van der Waals surface area contributed by atoms with E-state index in [0.29, 0.717) is 23.2 Å². The summed E-state index contributed by atoms with van der Waals surface area (Å²) in [4.78, 5) is 4.65. The second-order valence-electron chi connectivity index (χ2n) is 7.29. The molecule has 0 amide bonds. The summed E-state index contributed by atoms with van der Waals surface area (Å²) in [6.45, 7) is 2.20. The van der Waals surface area contributed by atoms with Crippen LogP contribution in [0, 0.1) is 23.2 Å². The first-order chi connectivity index (χ1) is 13.1. The highest BCUT2D eigenvalue weighted by Crippen LogP contribution is 2.29. The molecule has 1 aliphatic rings. The Balaban J connectivity index is 1.67. The van der Waals surface area contributed by atoms with Crippen molar-refractivity contribution in [3.63, 3.8) is 0 Å². The van der Waals surface area contributed by atoms with Crippen LogP contribution < -0.4 is 11.5 Å². The lowest BCUT2D eigenvalue weighted by Crippen LogP contribution is -2.28. The van der Waals surface area contributed by atoms with Crippen molar-refractivity contribution in [1.82, 2.24) is 0 Å². The van der Waals surface area contributed by atoms with Gasteiger partial charge < -0.3 is 11.5 Å². The normalized spacial score (nSPS) is 20.6. The van der Waals surface area contributed by atoms with Crippen molar-refractivity contribution in [3.8, 4) is 6.07 Å². The van der Waals surface area contributed by atoms with Crippen LogP contribution in [0.4, 0.5) is 5.69 Å². The first-order valence-electron chi connectivity index (χ1n) is 9.44. The van der Waals surface area contributed by atoms with Gasteiger partial charge in [0.15, 0.2) is 0 Å². The minimum absolute atomic E-state index is 0.109. The number of amidine groups is 1. The van der Waals surface area contributed by atoms with Gasteiger partial charge in [-0.05, 0) is 36.8 Å². The molecule has 4 N–H and O–H groups in total. The number of hydrogen-bond donors (Lipinski definition) is 2. The number of nitriles is 1. The Morgan fingerprint density at radius 1 is 1.15 bits per heavy atom. The van der Waals surface area contributed by atoms with Crippen LogP contribution in [0.1, 0.15) is 31.7 Å². The van der Waals surface area contributed by atoms with Gasteiger partial charge in [-0.2, -0.15) is 5.26 Å². The molecule has 4 heteroatoms. The van der Waals surface area contributed by atoms with Gasteiger partial charge in [-0.3, -0.25) is 0 Å². The van der Waals surface area contributed by atoms with E-state index in [0.717, 1.165) is 35.7 Å². The Morgan fingerprint density at radius 3 is 2.63 bits per heavy atom. The minimum atomic E-state index is 0.109. The monoisotopic (exact) mass is 358 g/mol. The summed E-state index contributed by atoms with van der Waals surface area (Å²) in [5, 5.41) is 11.2. The summed E-state index contributed by atoms with van der Waals surface area (Å²) in [6.07, 6.45) is 11.2. The van der Waals surface area contributed by atoms with Crippen molar-refractivity contribution in [2.24, 2.45) is 28.3 Å². The van der Waals surface area contributed by atoms with E-state index in [4.69, 9.17) is 11.5 Å². The molecule has 3 rings (SSSR count). The Kier molecular flexibility index (Phi) is 6.05. The fourth-order valence-electron chi connectivity index (χ4n) is 3.57. The van der Waals surface area contributed by atoms with E-state index >= 15 is 0 Å². The molecule has 3 atom stereocenters. The quantitative estimate of drug-likeness (QED) is 0.585. The molecule has 0 fully saturated rings. The predicted octanol–water partition coefficient (Wildman–Crippen LogP) is 4.58. The molecule has 4 nitrogen and oxygen atoms in total. The van der Waals surface area contributed by atoms with Gasteiger partial charge in [0.25, 0.3) is 0 Å². The standard InChI is InChI=1S/C23H26N4/c1-16(10-11-17-6-2-5-9-21(17)25)14-23(26)27-22-13-12-18(15-24)19-7-3-4-8-20(19)22/h2-9,12-13,16-17,21H,10-11,14,25H2,1H3,(H2,26,27). The number of hydrogen-bond acceptors (Lipinski definition) is 3. The first kappa shape index (κ1) is 18.9. The summed E-state index contributed by atoms with van der Waals surface area (Å²) in [5.41, 5.74) is 13.8. The number of fused-ring (bicyclic) bond motifs is 1. The third kappa shape index (κ3) is 4.64. The van der Waals surface area contributed by atoms with Crippen LogP contribution in [-0.2, 0) is 0 Å². The fourth-order valence-corrected chi connectivity index (χ4v) is 3.57. The number of nitrogens with zero attached hydrogens (tertiary/aromatic N) is 2. The molecule has 0 bridgehead atoms. The highest BCUT2D eigenvalue weighted by Gasteiger charge is 2.16. The van der Waals surface area contributed by atoms with Crippen LogP contribution in [-0.4, -0.2) is 11.9 Å². The maximum Gasteiger partial charge on any atom is 0.0999 e. The van der Waals surface area contributed by atoms with E-state index in [1.54, 1.807) is 0 Å². The third-order valence-corrected chi connectivity index (χ3v) is 5.13. The lowest BCUT2D eigenvalue weighted by Gasteiger charge is -2.22. The molecule has 27 heavy (non-hydrogen) atoms. The number of allylic oxidation sites excluding steroid dienone is 2. The van der Waals surface area contributed by atoms with Crippen molar-refractivity contribution in [2.75, 3.05) is 0 Å². The number of aliphatic imine (C=N–C) groups is 1. The second-order valence-corrected chi connectivity index (χ2v) is 7.29. The van der Waals surface area contributed by atoms with Crippen LogP contribution in [0.2, 0.25) is 0 Å². The number of benzene rings is 2. The van der Waals surface area contributed by atoms with Crippen LogP contribution in [0.5, 0.6) is 0 Å². The first-order valence-corrected chi connectivity index (χ1v) is 9.44. The van der Waals surface area contributed by atoms with Crippen molar-refractivity contribution in [3.05, 3.63) is 66.3 Å². The van der Waals surface area contributed by atoms with Crippen molar-refractivity contribution in [2.45, 2.75) is 32.2 Å². The maximum atomic E-state index is 9.28. The van der Waals surface area contributed by atoms with Crippen LogP contribution in [0.3, 0.4) is 0 Å². The number of nitrogens with two attached hydrogens (primary N) is 2. The minimum Gasteiger partial charge on any atom is -0.387 e. The van der Waals surface area contributed by atoms with E-state index in [1.165, 1.54) is 0 Å². The Labute approximate surface area is 160 Å². The van der Waals surface area contributed by atoms with Crippen LogP contribution in [0.15, 0.2) is 65.7 Å². The third-order valence-electron chi connectivity index (χ3n) is 5.13. The molecule has 0 heterocycles. The molecule has 0 radical (unpaired) electrons. The van der Waals surface area contributed by atoms with Gasteiger partial charge >= 0.3 is 0 Å². The largest absolute Gasteiger partial charge is 0.387 e. The van der Waals surface area contributed by atoms with Crippen molar-refractivity contribution >= 4 is 22.3 Å². The van der Waals surface area contributed by atoms with Gasteiger partial charge in [-0.1, -0.05) is 55.5 Å². The van der Waals surface area contributed by atoms with Crippen LogP contribution in [0.25, 0.3) is 10.8 Å². The highest BCUT2D eigenvalue weighted by atomic mass is 14.9. The molecule has 0 aromatic heterocycles. The molecule has 0 aliphatic heterocycles. The smallest absolute Gasteiger partial charge is 0.0999 e. The second kappa shape index (κ2) is 8.66. The van der Waals surface area contributed by atoms with Gasteiger partial charge in [0.1, 0.15) is 0 Å². The maximum absolute atomic E-state index is 9.28. The molecule has 138 valence electrons. The molecule has 0 saturated heterocycles. The average Bonchev–Trinajstić information content (AvgIpc) is 2.67. The molecule has 0 saturated carbocycles. The zero-order chi connectivity index (χ0) is 19.2. The predicted molar refractivity (Wildman–Crippen MR) is 113 cm³/mol. The highest BCUT2D eigenvalue weighted by molar-refractivity contribution is 5.98. The molecule has 2 aromatic rings. The molecular weight excluding hydrogens is 332 g/mol. The summed E-state index contributed by atoms with van der Waals surface area (Å²) >= 11 is 0. The van der Waals surface area contributed by atoms with E-state index in [2.05, 4.69) is 36.2 Å². The summed E-state index contributed by atoms with van der Waals surface area (Å²) in [7, 11) is 0. The molecule has 0 spiro atoms. The van der Waals surface area contributed by atoms with Crippen molar-refractivity contribution in [1.29, 1.82) is 5.26 Å². The zero-order valence-corrected chi connectivity index (χ0v) is 15.7. The Hall–Kier alpha value is -2.90. The SMILES string of the molecule is CC(CCC1C=CC=CC1N)CC(N)=Nc1ccc(C#N)c2ccccc12. The van der Waals surface area contributed by atoms with Crippen LogP contribution >= 0.6 is 0 Å². The van der Waals surface area contributed by atoms with Gasteiger partial charge in [-0.15, -0.1) is 0 Å². The van der Waals surface area contributed by atoms with Gasteiger partial charge in [0, 0.05) is 23.2 Å². The fraction of sp³-hybridized carbons (Fsp3) is 0.304.